The zero-order valence-corrected chi connectivity index (χ0v) is 6.94. The van der Waals surface area contributed by atoms with Crippen molar-refractivity contribution in [2.45, 2.75) is 31.7 Å². The van der Waals surface area contributed by atoms with Crippen LogP contribution in [0.25, 0.3) is 0 Å². The van der Waals surface area contributed by atoms with Crippen LogP contribution in [0, 0.1) is 5.92 Å². The summed E-state index contributed by atoms with van der Waals surface area (Å²) in [6.45, 7) is 0.279. The third-order valence-electron chi connectivity index (χ3n) is 2.20. The monoisotopic (exact) mass is 165 g/mol. The van der Waals surface area contributed by atoms with Gasteiger partial charge < -0.3 is 10.8 Å². The molecule has 3 heteroatoms. The third-order valence-corrected chi connectivity index (χ3v) is 2.20. The highest BCUT2D eigenvalue weighted by molar-refractivity contribution is 5.85. The lowest BCUT2D eigenvalue weighted by Gasteiger charge is -2.26. The lowest BCUT2D eigenvalue weighted by atomic mass is 9.86. The molecule has 62 valence electrons. The topological polar surface area (TPSA) is 46.2 Å². The number of hydrogen-bond acceptors (Lipinski definition) is 2. The highest BCUT2D eigenvalue weighted by Gasteiger charge is 2.19. The number of nitrogens with two attached hydrogens (primary N) is 1. The van der Waals surface area contributed by atoms with Crippen molar-refractivity contribution >= 4 is 12.4 Å². The van der Waals surface area contributed by atoms with Gasteiger partial charge in [0.05, 0.1) is 0 Å². The molecule has 0 heterocycles. The minimum absolute atomic E-state index is 0. The molecule has 0 unspecified atom stereocenters. The van der Waals surface area contributed by atoms with Crippen LogP contribution in [-0.4, -0.2) is 17.8 Å². The first-order valence-corrected chi connectivity index (χ1v) is 3.71. The van der Waals surface area contributed by atoms with Crippen LogP contribution in [0.15, 0.2) is 0 Å². The van der Waals surface area contributed by atoms with Gasteiger partial charge in [0.25, 0.3) is 0 Å². The fourth-order valence-corrected chi connectivity index (χ4v) is 1.46. The zero-order chi connectivity index (χ0) is 6.69. The van der Waals surface area contributed by atoms with Crippen LogP contribution < -0.4 is 5.73 Å². The predicted octanol–water partition coefficient (Wildman–Crippen LogP) is 0.918. The van der Waals surface area contributed by atoms with E-state index in [9.17, 15) is 0 Å². The van der Waals surface area contributed by atoms with Crippen LogP contribution >= 0.6 is 12.4 Å². The predicted molar refractivity (Wildman–Crippen MR) is 44.3 cm³/mol. The first-order valence-electron chi connectivity index (χ1n) is 3.71. The molecule has 0 aromatic rings. The summed E-state index contributed by atoms with van der Waals surface area (Å²) in [4.78, 5) is 0. The molecule has 10 heavy (non-hydrogen) atoms. The van der Waals surface area contributed by atoms with E-state index in [1.54, 1.807) is 0 Å². The van der Waals surface area contributed by atoms with Crippen molar-refractivity contribution in [3.63, 3.8) is 0 Å². The van der Waals surface area contributed by atoms with E-state index in [1.807, 2.05) is 0 Å². The maximum Gasteiger partial charge on any atom is 0.0474 e. The molecule has 1 aliphatic rings. The van der Waals surface area contributed by atoms with E-state index in [0.29, 0.717) is 5.92 Å². The molecule has 2 atom stereocenters. The van der Waals surface area contributed by atoms with E-state index in [1.165, 1.54) is 12.8 Å². The van der Waals surface area contributed by atoms with Crippen molar-refractivity contribution in [3.8, 4) is 0 Å². The Kier molecular flexibility index (Phi) is 5.04. The fourth-order valence-electron chi connectivity index (χ4n) is 1.46. The van der Waals surface area contributed by atoms with E-state index in [-0.39, 0.29) is 25.1 Å². The van der Waals surface area contributed by atoms with Gasteiger partial charge in [-0.05, 0) is 18.8 Å². The standard InChI is InChI=1S/C7H15NO.ClH/c8-7-4-2-1-3-6(7)5-9;/h6-7,9H,1-5,8H2;1H/t6-,7-;/m0./s1. The molecule has 3 N–H and O–H groups in total. The number of aliphatic hydroxyl groups excluding tert-OH is 1. The van der Waals surface area contributed by atoms with Crippen molar-refractivity contribution in [2.75, 3.05) is 6.61 Å². The van der Waals surface area contributed by atoms with Crippen molar-refractivity contribution < 1.29 is 5.11 Å². The molecule has 0 saturated heterocycles. The van der Waals surface area contributed by atoms with Gasteiger partial charge in [-0.3, -0.25) is 0 Å². The normalized spacial score (nSPS) is 33.0. The van der Waals surface area contributed by atoms with E-state index in [2.05, 4.69) is 0 Å². The SMILES string of the molecule is Cl.N[C@H]1CCCC[C@H]1CO. The molecule has 1 rings (SSSR count). The Hall–Kier alpha value is 0.210. The van der Waals surface area contributed by atoms with Gasteiger partial charge in [-0.15, -0.1) is 12.4 Å². The summed E-state index contributed by atoms with van der Waals surface area (Å²) in [5, 5.41) is 8.78. The molecule has 1 aliphatic carbocycles. The van der Waals surface area contributed by atoms with Crippen molar-refractivity contribution in [1.29, 1.82) is 0 Å². The van der Waals surface area contributed by atoms with Crippen LogP contribution in [0.4, 0.5) is 0 Å². The molecule has 1 fully saturated rings. The molecular weight excluding hydrogens is 150 g/mol. The number of rotatable bonds is 1. The summed E-state index contributed by atoms with van der Waals surface area (Å²) >= 11 is 0. The smallest absolute Gasteiger partial charge is 0.0474 e. The second-order valence-electron chi connectivity index (χ2n) is 2.89. The van der Waals surface area contributed by atoms with Gasteiger partial charge in [-0.25, -0.2) is 0 Å². The Morgan fingerprint density at radius 2 is 1.90 bits per heavy atom. The Morgan fingerprint density at radius 3 is 2.30 bits per heavy atom. The quantitative estimate of drug-likeness (QED) is 0.607. The molecule has 0 radical (unpaired) electrons. The van der Waals surface area contributed by atoms with Gasteiger partial charge in [0, 0.05) is 12.6 Å². The molecule has 2 nitrogen and oxygen atoms in total. The van der Waals surface area contributed by atoms with Gasteiger partial charge in [0.2, 0.25) is 0 Å². The van der Waals surface area contributed by atoms with Crippen LogP contribution in [0.5, 0.6) is 0 Å². The molecule has 1 saturated carbocycles. The van der Waals surface area contributed by atoms with Gasteiger partial charge >= 0.3 is 0 Å². The average molecular weight is 166 g/mol. The van der Waals surface area contributed by atoms with Crippen LogP contribution in [0.3, 0.4) is 0 Å². The highest BCUT2D eigenvalue weighted by atomic mass is 35.5. The van der Waals surface area contributed by atoms with Crippen molar-refractivity contribution in [2.24, 2.45) is 11.7 Å². The summed E-state index contributed by atoms with van der Waals surface area (Å²) in [6, 6.07) is 0.267. The summed E-state index contributed by atoms with van der Waals surface area (Å²) in [5.74, 6) is 0.388. The Labute approximate surface area is 68.2 Å². The Balaban J connectivity index is 0.000000810. The van der Waals surface area contributed by atoms with E-state index in [4.69, 9.17) is 10.8 Å². The minimum atomic E-state index is 0. The maximum atomic E-state index is 8.78. The number of aliphatic hydroxyl groups is 1. The molecule has 0 aromatic carbocycles. The summed E-state index contributed by atoms with van der Waals surface area (Å²) in [5.41, 5.74) is 5.73. The summed E-state index contributed by atoms with van der Waals surface area (Å²) in [6.07, 6.45) is 4.72. The molecule has 0 aromatic heterocycles. The highest BCUT2D eigenvalue weighted by Crippen LogP contribution is 2.21. The molecule has 0 bridgehead atoms. The van der Waals surface area contributed by atoms with Crippen LogP contribution in [-0.2, 0) is 0 Å². The average Bonchev–Trinajstić information content (AvgIpc) is 1.89. The summed E-state index contributed by atoms with van der Waals surface area (Å²) in [7, 11) is 0. The zero-order valence-electron chi connectivity index (χ0n) is 6.12. The van der Waals surface area contributed by atoms with Crippen LogP contribution in [0.2, 0.25) is 0 Å². The third kappa shape index (κ3) is 2.45. The van der Waals surface area contributed by atoms with Gasteiger partial charge in [0.15, 0.2) is 0 Å². The Bertz CT molecular complexity index is 89.7. The van der Waals surface area contributed by atoms with Gasteiger partial charge in [-0.2, -0.15) is 0 Å². The number of halogens is 1. The maximum absolute atomic E-state index is 8.78. The Morgan fingerprint density at radius 1 is 1.30 bits per heavy atom. The van der Waals surface area contributed by atoms with E-state index in [0.717, 1.165) is 12.8 Å². The first-order chi connectivity index (χ1) is 4.34. The van der Waals surface area contributed by atoms with E-state index < -0.39 is 0 Å². The first kappa shape index (κ1) is 10.2. The second-order valence-corrected chi connectivity index (χ2v) is 2.89. The summed E-state index contributed by atoms with van der Waals surface area (Å²) < 4.78 is 0. The fraction of sp³-hybridized carbons (Fsp3) is 1.00. The second kappa shape index (κ2) is 4.94. The molecule has 0 aliphatic heterocycles. The molecule has 0 spiro atoms. The van der Waals surface area contributed by atoms with Gasteiger partial charge in [-0.1, -0.05) is 12.8 Å². The lowest BCUT2D eigenvalue weighted by Crippen LogP contribution is -2.34. The van der Waals surface area contributed by atoms with Crippen LogP contribution in [0.1, 0.15) is 25.7 Å². The van der Waals surface area contributed by atoms with Crippen molar-refractivity contribution in [3.05, 3.63) is 0 Å². The van der Waals surface area contributed by atoms with Gasteiger partial charge in [0.1, 0.15) is 0 Å². The number of hydrogen-bond donors (Lipinski definition) is 2. The minimum Gasteiger partial charge on any atom is -0.396 e. The molecular formula is C7H16ClNO. The molecule has 0 amide bonds. The largest absolute Gasteiger partial charge is 0.396 e. The van der Waals surface area contributed by atoms with Crippen molar-refractivity contribution in [1.82, 2.24) is 0 Å². The lowest BCUT2D eigenvalue weighted by molar-refractivity contribution is 0.171. The van der Waals surface area contributed by atoms with E-state index >= 15 is 0 Å².